The number of rotatable bonds is 0. The minimum absolute atomic E-state index is 0.453. The number of dihydropyridines is 1. The summed E-state index contributed by atoms with van der Waals surface area (Å²) in [5, 5.41) is 7.63. The van der Waals surface area contributed by atoms with Gasteiger partial charge in [0.25, 0.3) is 0 Å². The number of ether oxygens (including phenoxy) is 1. The third-order valence-corrected chi connectivity index (χ3v) is 2.10. The van der Waals surface area contributed by atoms with E-state index in [1.807, 2.05) is 0 Å². The van der Waals surface area contributed by atoms with Crippen LogP contribution in [0.25, 0.3) is 0 Å². The van der Waals surface area contributed by atoms with Crippen molar-refractivity contribution in [2.24, 2.45) is 10.9 Å². The molecule has 2 rings (SSSR count). The van der Waals surface area contributed by atoms with Crippen molar-refractivity contribution in [1.82, 2.24) is 0 Å². The van der Waals surface area contributed by atoms with E-state index in [2.05, 4.69) is 18.0 Å². The Morgan fingerprint density at radius 3 is 3.33 bits per heavy atom. The molecule has 2 aliphatic heterocycles. The molecule has 2 aliphatic rings. The van der Waals surface area contributed by atoms with E-state index in [9.17, 15) is 0 Å². The summed E-state index contributed by atoms with van der Waals surface area (Å²) in [5.41, 5.74) is 1.40. The van der Waals surface area contributed by atoms with Gasteiger partial charge in [-0.25, -0.2) is 0 Å². The van der Waals surface area contributed by atoms with E-state index in [0.717, 1.165) is 18.0 Å². The van der Waals surface area contributed by atoms with Crippen LogP contribution in [0.3, 0.4) is 0 Å². The number of hydrogen-bond acceptors (Lipinski definition) is 3. The van der Waals surface area contributed by atoms with Crippen molar-refractivity contribution >= 4 is 11.4 Å². The normalized spacial score (nSPS) is 28.4. The highest BCUT2D eigenvalue weighted by atomic mass is 16.5. The van der Waals surface area contributed by atoms with E-state index in [-0.39, 0.29) is 0 Å². The van der Waals surface area contributed by atoms with Gasteiger partial charge in [0.15, 0.2) is 0 Å². The average Bonchev–Trinajstić information content (AvgIpc) is 2.04. The highest BCUT2D eigenvalue weighted by Gasteiger charge is 2.23. The lowest BCUT2D eigenvalue weighted by molar-refractivity contribution is 0.231. The summed E-state index contributed by atoms with van der Waals surface area (Å²) in [6, 6.07) is 0. The molecule has 1 unspecified atom stereocenters. The second-order valence-corrected chi connectivity index (χ2v) is 3.27. The Labute approximate surface area is 71.7 Å². The standard InChI is InChI=1S/C9H12N2O/c1-6-4-8-9(11-5-6)7(10)2-3-12-8/h4,6,10H,2-3,5H2,1H3. The summed E-state index contributed by atoms with van der Waals surface area (Å²) in [7, 11) is 0. The molecule has 0 aromatic carbocycles. The van der Waals surface area contributed by atoms with Crippen molar-refractivity contribution in [3.05, 3.63) is 11.8 Å². The molecule has 1 saturated heterocycles. The quantitative estimate of drug-likeness (QED) is 0.578. The third-order valence-electron chi connectivity index (χ3n) is 2.10. The molecule has 3 heteroatoms. The first-order chi connectivity index (χ1) is 5.77. The van der Waals surface area contributed by atoms with E-state index in [1.54, 1.807) is 0 Å². The second-order valence-electron chi connectivity index (χ2n) is 3.27. The first-order valence-electron chi connectivity index (χ1n) is 4.24. The number of allylic oxidation sites excluding steroid dienone is 1. The zero-order valence-electron chi connectivity index (χ0n) is 7.13. The molecule has 3 nitrogen and oxygen atoms in total. The SMILES string of the molecule is CC1C=C2OCCC(=N)C2=NC1. The molecule has 0 radical (unpaired) electrons. The summed E-state index contributed by atoms with van der Waals surface area (Å²) < 4.78 is 5.41. The van der Waals surface area contributed by atoms with Crippen molar-refractivity contribution < 1.29 is 4.74 Å². The number of fused-ring (bicyclic) bond motifs is 1. The predicted molar refractivity (Wildman–Crippen MR) is 47.8 cm³/mol. The summed E-state index contributed by atoms with van der Waals surface area (Å²) in [6.07, 6.45) is 2.76. The molecule has 0 aliphatic carbocycles. The van der Waals surface area contributed by atoms with Gasteiger partial charge in [-0.2, -0.15) is 0 Å². The van der Waals surface area contributed by atoms with Gasteiger partial charge in [0.1, 0.15) is 11.5 Å². The number of hydrogen-bond donors (Lipinski definition) is 1. The Morgan fingerprint density at radius 2 is 2.50 bits per heavy atom. The van der Waals surface area contributed by atoms with Crippen LogP contribution in [0.5, 0.6) is 0 Å². The van der Waals surface area contributed by atoms with E-state index in [1.165, 1.54) is 0 Å². The lowest BCUT2D eigenvalue weighted by Gasteiger charge is -2.23. The van der Waals surface area contributed by atoms with Crippen LogP contribution in [0, 0.1) is 11.3 Å². The van der Waals surface area contributed by atoms with Gasteiger partial charge in [0.05, 0.1) is 12.3 Å². The fourth-order valence-corrected chi connectivity index (χ4v) is 1.45. The minimum atomic E-state index is 0.453. The van der Waals surface area contributed by atoms with Crippen molar-refractivity contribution in [1.29, 1.82) is 5.41 Å². The maximum atomic E-state index is 7.63. The van der Waals surface area contributed by atoms with Crippen molar-refractivity contribution in [2.45, 2.75) is 13.3 Å². The Balaban J connectivity index is 2.30. The Bertz CT molecular complexity index is 278. The monoisotopic (exact) mass is 164 g/mol. The van der Waals surface area contributed by atoms with Crippen molar-refractivity contribution in [3.63, 3.8) is 0 Å². The molecule has 0 amide bonds. The van der Waals surface area contributed by atoms with Gasteiger partial charge in [-0.1, -0.05) is 6.92 Å². The van der Waals surface area contributed by atoms with Crippen LogP contribution in [0.4, 0.5) is 0 Å². The molecule has 0 aromatic heterocycles. The molecular weight excluding hydrogens is 152 g/mol. The second kappa shape index (κ2) is 2.73. The Morgan fingerprint density at radius 1 is 1.67 bits per heavy atom. The van der Waals surface area contributed by atoms with Crippen LogP contribution < -0.4 is 0 Å². The van der Waals surface area contributed by atoms with Crippen LogP contribution in [0.15, 0.2) is 16.8 Å². The highest BCUT2D eigenvalue weighted by molar-refractivity contribution is 6.47. The van der Waals surface area contributed by atoms with Gasteiger partial charge in [-0.15, -0.1) is 0 Å². The van der Waals surface area contributed by atoms with E-state index >= 15 is 0 Å². The van der Waals surface area contributed by atoms with Crippen LogP contribution in [0.2, 0.25) is 0 Å². The van der Waals surface area contributed by atoms with Crippen molar-refractivity contribution in [3.8, 4) is 0 Å². The summed E-state index contributed by atoms with van der Waals surface area (Å²) in [4.78, 5) is 4.31. The molecule has 1 fully saturated rings. The van der Waals surface area contributed by atoms with E-state index < -0.39 is 0 Å². The van der Waals surface area contributed by atoms with Gasteiger partial charge in [-0.3, -0.25) is 4.99 Å². The maximum Gasteiger partial charge on any atom is 0.142 e. The van der Waals surface area contributed by atoms with Crippen LogP contribution in [0.1, 0.15) is 13.3 Å². The summed E-state index contributed by atoms with van der Waals surface area (Å²) in [6.45, 7) is 3.54. The molecule has 2 heterocycles. The maximum absolute atomic E-state index is 7.63. The molecule has 1 atom stereocenters. The Kier molecular flexibility index (Phi) is 1.71. The third kappa shape index (κ3) is 1.15. The van der Waals surface area contributed by atoms with Crippen LogP contribution in [-0.4, -0.2) is 24.6 Å². The number of aliphatic imine (C=N–C) groups is 1. The van der Waals surface area contributed by atoms with Crippen LogP contribution >= 0.6 is 0 Å². The number of nitrogens with zero attached hydrogens (tertiary/aromatic N) is 1. The van der Waals surface area contributed by atoms with Gasteiger partial charge in [0.2, 0.25) is 0 Å². The first-order valence-corrected chi connectivity index (χ1v) is 4.24. The molecule has 1 N–H and O–H groups in total. The first kappa shape index (κ1) is 7.53. The topological polar surface area (TPSA) is 45.4 Å². The zero-order valence-corrected chi connectivity index (χ0v) is 7.13. The van der Waals surface area contributed by atoms with Crippen molar-refractivity contribution in [2.75, 3.05) is 13.2 Å². The summed E-state index contributed by atoms with van der Waals surface area (Å²) in [5.74, 6) is 1.28. The molecule has 0 saturated carbocycles. The predicted octanol–water partition coefficient (Wildman–Crippen LogP) is 1.40. The van der Waals surface area contributed by atoms with Crippen LogP contribution in [-0.2, 0) is 4.74 Å². The molecular formula is C9H12N2O. The smallest absolute Gasteiger partial charge is 0.142 e. The van der Waals surface area contributed by atoms with E-state index in [0.29, 0.717) is 24.7 Å². The fourth-order valence-electron chi connectivity index (χ4n) is 1.45. The minimum Gasteiger partial charge on any atom is -0.491 e. The fraction of sp³-hybridized carbons (Fsp3) is 0.556. The molecule has 0 bridgehead atoms. The molecule has 0 spiro atoms. The lowest BCUT2D eigenvalue weighted by Crippen LogP contribution is -2.29. The van der Waals surface area contributed by atoms with Gasteiger partial charge >= 0.3 is 0 Å². The average molecular weight is 164 g/mol. The zero-order chi connectivity index (χ0) is 8.55. The molecule has 12 heavy (non-hydrogen) atoms. The van der Waals surface area contributed by atoms with Gasteiger partial charge in [0, 0.05) is 13.0 Å². The summed E-state index contributed by atoms with van der Waals surface area (Å²) >= 11 is 0. The number of nitrogens with one attached hydrogen (secondary N) is 1. The van der Waals surface area contributed by atoms with Gasteiger partial charge < -0.3 is 10.1 Å². The largest absolute Gasteiger partial charge is 0.491 e. The molecule has 64 valence electrons. The van der Waals surface area contributed by atoms with E-state index in [4.69, 9.17) is 10.1 Å². The lowest BCUT2D eigenvalue weighted by atomic mass is 10.0. The Hall–Kier alpha value is -1.12. The van der Waals surface area contributed by atoms with Gasteiger partial charge in [-0.05, 0) is 12.0 Å². The molecule has 0 aromatic rings. The highest BCUT2D eigenvalue weighted by Crippen LogP contribution is 2.19.